The fourth-order valence-corrected chi connectivity index (χ4v) is 10.2. The van der Waals surface area contributed by atoms with Gasteiger partial charge in [-0.3, -0.25) is 0 Å². The molecule has 0 atom stereocenters. The first-order chi connectivity index (χ1) is 30.2. The van der Waals surface area contributed by atoms with E-state index in [9.17, 15) is 0 Å². The number of nitrogens with zero attached hydrogens (tertiary/aromatic N) is 3. The van der Waals surface area contributed by atoms with Gasteiger partial charge in [-0.1, -0.05) is 121 Å². The molecule has 12 aromatic rings. The summed E-state index contributed by atoms with van der Waals surface area (Å²) in [6, 6.07) is 80.3. The molecule has 0 saturated heterocycles. The van der Waals surface area contributed by atoms with Gasteiger partial charge >= 0.3 is 0 Å². The van der Waals surface area contributed by atoms with E-state index >= 15 is 0 Å². The molecule has 9 aromatic carbocycles. The molecule has 0 aliphatic carbocycles. The SMILES string of the molecule is c1ccc(-c2cccc(N(c3ccc4oc5ccccc5c4c3)c3ccc4c5c6cc(N(c7ccccc7)c7ccccc7)ccc6sc5n(-c5ccccc5)c4c3)c2)cc1. The molecule has 0 N–H and O–H groups in total. The van der Waals surface area contributed by atoms with Crippen molar-refractivity contribution in [3.8, 4) is 16.8 Å². The van der Waals surface area contributed by atoms with Crippen LogP contribution in [-0.2, 0) is 0 Å². The summed E-state index contributed by atoms with van der Waals surface area (Å²) in [6.45, 7) is 0. The monoisotopic (exact) mass is 799 g/mol. The molecule has 0 spiro atoms. The van der Waals surface area contributed by atoms with E-state index < -0.39 is 0 Å². The highest BCUT2D eigenvalue weighted by Gasteiger charge is 2.23. The zero-order valence-electron chi connectivity index (χ0n) is 33.0. The van der Waals surface area contributed by atoms with Crippen LogP contribution in [0.4, 0.5) is 34.1 Å². The van der Waals surface area contributed by atoms with E-state index in [-0.39, 0.29) is 0 Å². The fourth-order valence-electron chi connectivity index (χ4n) is 8.98. The second-order valence-electron chi connectivity index (χ2n) is 15.4. The number of anilines is 6. The second kappa shape index (κ2) is 14.5. The Kier molecular flexibility index (Phi) is 8.32. The minimum atomic E-state index is 0.876. The van der Waals surface area contributed by atoms with E-state index in [0.29, 0.717) is 0 Å². The molecule has 61 heavy (non-hydrogen) atoms. The van der Waals surface area contributed by atoms with Crippen LogP contribution < -0.4 is 9.80 Å². The van der Waals surface area contributed by atoms with Crippen molar-refractivity contribution >= 4 is 98.6 Å². The zero-order valence-corrected chi connectivity index (χ0v) is 33.8. The third-order valence-corrected chi connectivity index (χ3v) is 12.9. The number of para-hydroxylation sites is 4. The van der Waals surface area contributed by atoms with Crippen molar-refractivity contribution in [2.45, 2.75) is 0 Å². The Labute approximate surface area is 357 Å². The molecular formula is C56H37N3OS. The van der Waals surface area contributed by atoms with Crippen LogP contribution in [0.3, 0.4) is 0 Å². The summed E-state index contributed by atoms with van der Waals surface area (Å²) < 4.78 is 10.0. The lowest BCUT2D eigenvalue weighted by atomic mass is 10.0. The summed E-state index contributed by atoms with van der Waals surface area (Å²) >= 11 is 1.85. The molecule has 0 radical (unpaired) electrons. The Balaban J connectivity index is 1.09. The second-order valence-corrected chi connectivity index (χ2v) is 16.4. The predicted molar refractivity (Wildman–Crippen MR) is 258 cm³/mol. The van der Waals surface area contributed by atoms with E-state index in [1.807, 2.05) is 23.5 Å². The van der Waals surface area contributed by atoms with Crippen LogP contribution in [-0.4, -0.2) is 4.57 Å². The highest BCUT2D eigenvalue weighted by atomic mass is 32.1. The first-order valence-electron chi connectivity index (χ1n) is 20.6. The van der Waals surface area contributed by atoms with Crippen LogP contribution in [0.2, 0.25) is 0 Å². The van der Waals surface area contributed by atoms with E-state index in [0.717, 1.165) is 72.8 Å². The van der Waals surface area contributed by atoms with Gasteiger partial charge in [0.1, 0.15) is 16.0 Å². The number of furan rings is 1. The molecule has 288 valence electrons. The summed E-state index contributed by atoms with van der Waals surface area (Å²) in [5.41, 5.74) is 12.9. The first kappa shape index (κ1) is 35.1. The van der Waals surface area contributed by atoms with Crippen LogP contribution >= 0.6 is 11.3 Å². The lowest BCUT2D eigenvalue weighted by Crippen LogP contribution is -2.10. The summed E-state index contributed by atoms with van der Waals surface area (Å²) in [7, 11) is 0. The molecule has 3 heterocycles. The molecule has 0 unspecified atom stereocenters. The van der Waals surface area contributed by atoms with Gasteiger partial charge in [0, 0.05) is 71.4 Å². The Bertz CT molecular complexity index is 3500. The van der Waals surface area contributed by atoms with Crippen LogP contribution in [0.1, 0.15) is 0 Å². The summed E-state index contributed by atoms with van der Waals surface area (Å²) in [5.74, 6) is 0. The Morgan fingerprint density at radius 2 is 0.902 bits per heavy atom. The smallest absolute Gasteiger partial charge is 0.135 e. The number of aromatic nitrogens is 1. The van der Waals surface area contributed by atoms with Gasteiger partial charge in [-0.05, 0) is 114 Å². The number of hydrogen-bond donors (Lipinski definition) is 0. The Morgan fingerprint density at radius 3 is 1.66 bits per heavy atom. The van der Waals surface area contributed by atoms with Gasteiger partial charge < -0.3 is 18.8 Å². The summed E-state index contributed by atoms with van der Waals surface area (Å²) in [6.07, 6.45) is 0. The van der Waals surface area contributed by atoms with Crippen LogP contribution in [0.25, 0.3) is 70.0 Å². The quantitative estimate of drug-likeness (QED) is 0.153. The maximum absolute atomic E-state index is 6.31. The molecule has 4 nitrogen and oxygen atoms in total. The first-order valence-corrected chi connectivity index (χ1v) is 21.4. The summed E-state index contributed by atoms with van der Waals surface area (Å²) in [5, 5.41) is 5.92. The molecule has 0 bridgehead atoms. The van der Waals surface area contributed by atoms with Gasteiger partial charge in [-0.2, -0.15) is 0 Å². The Hall–Kier alpha value is -7.86. The van der Waals surface area contributed by atoms with Crippen molar-refractivity contribution in [1.29, 1.82) is 0 Å². The van der Waals surface area contributed by atoms with Gasteiger partial charge in [0.15, 0.2) is 0 Å². The van der Waals surface area contributed by atoms with Crippen LogP contribution in [0.5, 0.6) is 0 Å². The zero-order chi connectivity index (χ0) is 40.3. The van der Waals surface area contributed by atoms with Crippen molar-refractivity contribution in [2.75, 3.05) is 9.80 Å². The largest absolute Gasteiger partial charge is 0.456 e. The van der Waals surface area contributed by atoms with E-state index in [1.54, 1.807) is 0 Å². The van der Waals surface area contributed by atoms with E-state index in [1.165, 1.54) is 31.3 Å². The minimum absolute atomic E-state index is 0.876. The highest BCUT2D eigenvalue weighted by molar-refractivity contribution is 7.25. The van der Waals surface area contributed by atoms with Crippen molar-refractivity contribution in [3.05, 3.63) is 224 Å². The molecule has 5 heteroatoms. The van der Waals surface area contributed by atoms with E-state index in [2.05, 4.69) is 227 Å². The number of rotatable bonds is 8. The maximum Gasteiger partial charge on any atom is 0.135 e. The normalized spacial score (nSPS) is 11.6. The topological polar surface area (TPSA) is 24.6 Å². The third-order valence-electron chi connectivity index (χ3n) is 11.7. The average molecular weight is 800 g/mol. The lowest BCUT2D eigenvalue weighted by Gasteiger charge is -2.26. The molecule has 0 amide bonds. The number of hydrogen-bond acceptors (Lipinski definition) is 4. The number of benzene rings is 9. The standard InChI is InChI=1S/C56H37N3OS/c1-5-16-38(17-6-1)39-18-15-25-43(34-39)58(44-29-32-53-49(35-44)47-26-13-14-27-52(47)60-53)46-28-31-48-51(37-46)59(42-23-11-4-12-24-42)56-55(48)50-36-45(30-33-54(50)61-56)57(40-19-7-2-8-20-40)41-21-9-3-10-22-41/h1-37H. The predicted octanol–water partition coefficient (Wildman–Crippen LogP) is 16.5. The number of thiophene rings is 1. The molecule has 0 aliphatic heterocycles. The van der Waals surface area contributed by atoms with Crippen LogP contribution in [0.15, 0.2) is 229 Å². The van der Waals surface area contributed by atoms with Gasteiger partial charge in [0.25, 0.3) is 0 Å². The molecule has 0 saturated carbocycles. The average Bonchev–Trinajstić information content (AvgIpc) is 3.99. The lowest BCUT2D eigenvalue weighted by molar-refractivity contribution is 0.669. The van der Waals surface area contributed by atoms with Gasteiger partial charge in [0.05, 0.1) is 5.52 Å². The van der Waals surface area contributed by atoms with Crippen molar-refractivity contribution in [3.63, 3.8) is 0 Å². The maximum atomic E-state index is 6.31. The van der Waals surface area contributed by atoms with Gasteiger partial charge in [-0.15, -0.1) is 11.3 Å². The van der Waals surface area contributed by atoms with Crippen LogP contribution in [0, 0.1) is 0 Å². The third kappa shape index (κ3) is 5.97. The highest BCUT2D eigenvalue weighted by Crippen LogP contribution is 2.47. The summed E-state index contributed by atoms with van der Waals surface area (Å²) in [4.78, 5) is 5.95. The van der Waals surface area contributed by atoms with Gasteiger partial charge in [-0.25, -0.2) is 0 Å². The van der Waals surface area contributed by atoms with Crippen molar-refractivity contribution in [2.24, 2.45) is 0 Å². The Morgan fingerprint density at radius 1 is 0.361 bits per heavy atom. The molecule has 0 aliphatic rings. The van der Waals surface area contributed by atoms with Crippen molar-refractivity contribution in [1.82, 2.24) is 4.57 Å². The molecular weight excluding hydrogens is 763 g/mol. The minimum Gasteiger partial charge on any atom is -0.456 e. The fraction of sp³-hybridized carbons (Fsp3) is 0. The number of fused-ring (bicyclic) bond motifs is 8. The van der Waals surface area contributed by atoms with Gasteiger partial charge in [0.2, 0.25) is 0 Å². The molecule has 0 fully saturated rings. The van der Waals surface area contributed by atoms with Crippen molar-refractivity contribution < 1.29 is 4.42 Å². The molecule has 3 aromatic heterocycles. The molecule has 12 rings (SSSR count). The van der Waals surface area contributed by atoms with E-state index in [4.69, 9.17) is 4.42 Å².